The number of cyclic esters (lactones) is 2. The second-order valence-electron chi connectivity index (χ2n) is 3.78. The summed E-state index contributed by atoms with van der Waals surface area (Å²) in [7, 11) is 0. The van der Waals surface area contributed by atoms with Crippen molar-refractivity contribution in [1.82, 2.24) is 0 Å². The number of alkyl halides is 3. The van der Waals surface area contributed by atoms with E-state index in [-0.39, 0.29) is 0 Å². The highest BCUT2D eigenvalue weighted by Crippen LogP contribution is 2.38. The molecule has 3 nitrogen and oxygen atoms in total. The van der Waals surface area contributed by atoms with Crippen molar-refractivity contribution in [2.24, 2.45) is 0 Å². The van der Waals surface area contributed by atoms with Gasteiger partial charge in [0.25, 0.3) is 0 Å². The molecular formula is C11H6F4O3. The highest BCUT2D eigenvalue weighted by atomic mass is 19.4. The number of carbonyl (C=O) groups is 2. The Balaban J connectivity index is 2.51. The summed E-state index contributed by atoms with van der Waals surface area (Å²) in [5, 5.41) is 0. The average Bonchev–Trinajstić information content (AvgIpc) is 2.56. The molecule has 1 saturated heterocycles. The molecule has 96 valence electrons. The normalized spacial score (nSPS) is 20.1. The molecule has 7 heteroatoms. The molecule has 1 fully saturated rings. The molecule has 1 heterocycles. The Hall–Kier alpha value is -1.92. The van der Waals surface area contributed by atoms with Crippen LogP contribution >= 0.6 is 0 Å². The molecule has 0 amide bonds. The highest BCUT2D eigenvalue weighted by Gasteiger charge is 2.42. The fraction of sp³-hybridized carbons (Fsp3) is 0.273. The second kappa shape index (κ2) is 4.08. The summed E-state index contributed by atoms with van der Waals surface area (Å²) in [6, 6.07) is 1.95. The molecule has 1 aliphatic rings. The molecule has 1 aliphatic heterocycles. The zero-order valence-electron chi connectivity index (χ0n) is 8.75. The van der Waals surface area contributed by atoms with E-state index >= 15 is 0 Å². The Labute approximate surface area is 98.3 Å². The number of halogens is 4. The summed E-state index contributed by atoms with van der Waals surface area (Å²) in [6.45, 7) is 0. The number of ether oxygens (including phenoxy) is 1. The fourth-order valence-electron chi connectivity index (χ4n) is 1.79. The first-order valence-corrected chi connectivity index (χ1v) is 4.90. The van der Waals surface area contributed by atoms with Crippen LogP contribution in [0.1, 0.15) is 23.5 Å². The minimum atomic E-state index is -4.80. The van der Waals surface area contributed by atoms with E-state index in [2.05, 4.69) is 4.74 Å². The van der Waals surface area contributed by atoms with Gasteiger partial charge in [-0.3, -0.25) is 9.59 Å². The Morgan fingerprint density at radius 2 is 1.89 bits per heavy atom. The molecule has 1 unspecified atom stereocenters. The summed E-state index contributed by atoms with van der Waals surface area (Å²) in [6.07, 6.45) is -5.27. The van der Waals surface area contributed by atoms with E-state index in [1.165, 1.54) is 0 Å². The van der Waals surface area contributed by atoms with Crippen LogP contribution in [0.5, 0.6) is 0 Å². The van der Waals surface area contributed by atoms with E-state index < -0.39 is 47.4 Å². The van der Waals surface area contributed by atoms with Gasteiger partial charge in [0.05, 0.1) is 17.9 Å². The molecule has 0 radical (unpaired) electrons. The molecule has 0 spiro atoms. The zero-order valence-corrected chi connectivity index (χ0v) is 8.75. The minimum absolute atomic E-state index is 0.297. The lowest BCUT2D eigenvalue weighted by molar-refractivity contribution is -0.152. The van der Waals surface area contributed by atoms with Crippen LogP contribution in [0.2, 0.25) is 0 Å². The minimum Gasteiger partial charge on any atom is -0.393 e. The number of hydrogen-bond acceptors (Lipinski definition) is 3. The van der Waals surface area contributed by atoms with Crippen LogP contribution in [0.3, 0.4) is 0 Å². The maximum atomic E-state index is 12.9. The van der Waals surface area contributed by atoms with Crippen molar-refractivity contribution in [2.75, 3.05) is 0 Å². The number of esters is 2. The van der Waals surface area contributed by atoms with Crippen LogP contribution in [0.4, 0.5) is 17.6 Å². The topological polar surface area (TPSA) is 43.4 Å². The van der Waals surface area contributed by atoms with Gasteiger partial charge in [0.15, 0.2) is 0 Å². The lowest BCUT2D eigenvalue weighted by atomic mass is 9.92. The van der Waals surface area contributed by atoms with Gasteiger partial charge in [-0.25, -0.2) is 4.39 Å². The predicted octanol–water partition coefficient (Wildman–Crippen LogP) is 2.40. The van der Waals surface area contributed by atoms with E-state index in [0.29, 0.717) is 6.07 Å². The monoisotopic (exact) mass is 262 g/mol. The molecule has 1 atom stereocenters. The van der Waals surface area contributed by atoms with E-state index in [1.807, 2.05) is 0 Å². The number of rotatable bonds is 1. The van der Waals surface area contributed by atoms with Gasteiger partial charge in [0, 0.05) is 0 Å². The molecule has 0 bridgehead atoms. The van der Waals surface area contributed by atoms with Crippen LogP contribution < -0.4 is 0 Å². The number of carbonyl (C=O) groups excluding carboxylic acids is 2. The first-order chi connectivity index (χ1) is 8.29. The molecular weight excluding hydrogens is 256 g/mol. The Morgan fingerprint density at radius 1 is 1.22 bits per heavy atom. The predicted molar refractivity (Wildman–Crippen MR) is 49.9 cm³/mol. The fourth-order valence-corrected chi connectivity index (χ4v) is 1.79. The van der Waals surface area contributed by atoms with Gasteiger partial charge in [0.2, 0.25) is 0 Å². The van der Waals surface area contributed by atoms with Crippen molar-refractivity contribution in [3.63, 3.8) is 0 Å². The van der Waals surface area contributed by atoms with Gasteiger partial charge in [-0.2, -0.15) is 13.2 Å². The highest BCUT2D eigenvalue weighted by molar-refractivity contribution is 5.98. The lowest BCUT2D eigenvalue weighted by Crippen LogP contribution is -2.15. The standard InChI is InChI=1S/C11H6F4O3/c12-5-1-2-6(8(3-5)11(13,14)15)7-4-9(16)18-10(7)17/h1-3,7H,4H2. The summed E-state index contributed by atoms with van der Waals surface area (Å²) in [5.74, 6) is -4.32. The third-order valence-corrected chi connectivity index (χ3v) is 2.57. The molecule has 2 rings (SSSR count). The van der Waals surface area contributed by atoms with Crippen LogP contribution in [-0.2, 0) is 20.5 Å². The average molecular weight is 262 g/mol. The van der Waals surface area contributed by atoms with Crippen molar-refractivity contribution < 1.29 is 31.9 Å². The molecule has 0 aromatic heterocycles. The lowest BCUT2D eigenvalue weighted by Gasteiger charge is -2.14. The van der Waals surface area contributed by atoms with Crippen LogP contribution in [0, 0.1) is 5.82 Å². The molecule has 0 aliphatic carbocycles. The van der Waals surface area contributed by atoms with Crippen molar-refractivity contribution >= 4 is 11.9 Å². The summed E-state index contributed by atoms with van der Waals surface area (Å²) < 4.78 is 55.1. The zero-order chi connectivity index (χ0) is 13.5. The largest absolute Gasteiger partial charge is 0.416 e. The first kappa shape index (κ1) is 12.5. The maximum Gasteiger partial charge on any atom is 0.416 e. The van der Waals surface area contributed by atoms with Gasteiger partial charge < -0.3 is 4.74 Å². The Bertz CT molecular complexity index is 522. The Kier molecular flexibility index (Phi) is 2.84. The smallest absolute Gasteiger partial charge is 0.393 e. The van der Waals surface area contributed by atoms with Gasteiger partial charge in [-0.1, -0.05) is 6.07 Å². The summed E-state index contributed by atoms with van der Waals surface area (Å²) >= 11 is 0. The SMILES string of the molecule is O=C1CC(c2ccc(F)cc2C(F)(F)F)C(=O)O1. The number of benzene rings is 1. The van der Waals surface area contributed by atoms with E-state index in [4.69, 9.17) is 0 Å². The van der Waals surface area contributed by atoms with Crippen molar-refractivity contribution in [3.8, 4) is 0 Å². The van der Waals surface area contributed by atoms with Gasteiger partial charge in [0.1, 0.15) is 5.82 Å². The van der Waals surface area contributed by atoms with Crippen LogP contribution in [-0.4, -0.2) is 11.9 Å². The third-order valence-electron chi connectivity index (χ3n) is 2.57. The van der Waals surface area contributed by atoms with Crippen molar-refractivity contribution in [1.29, 1.82) is 0 Å². The second-order valence-corrected chi connectivity index (χ2v) is 3.78. The molecule has 0 saturated carbocycles. The van der Waals surface area contributed by atoms with Gasteiger partial charge in [-0.05, 0) is 17.7 Å². The van der Waals surface area contributed by atoms with E-state index in [1.54, 1.807) is 0 Å². The summed E-state index contributed by atoms with van der Waals surface area (Å²) in [5.41, 5.74) is -1.71. The number of hydrogen-bond donors (Lipinski definition) is 0. The van der Waals surface area contributed by atoms with Crippen molar-refractivity contribution in [2.45, 2.75) is 18.5 Å². The molecule has 1 aromatic rings. The molecule has 1 aromatic carbocycles. The van der Waals surface area contributed by atoms with Crippen LogP contribution in [0.15, 0.2) is 18.2 Å². The Morgan fingerprint density at radius 3 is 2.39 bits per heavy atom. The van der Waals surface area contributed by atoms with Crippen LogP contribution in [0.25, 0.3) is 0 Å². The van der Waals surface area contributed by atoms with E-state index in [0.717, 1.165) is 12.1 Å². The molecule has 18 heavy (non-hydrogen) atoms. The van der Waals surface area contributed by atoms with E-state index in [9.17, 15) is 27.2 Å². The maximum absolute atomic E-state index is 12.9. The third kappa shape index (κ3) is 2.20. The van der Waals surface area contributed by atoms with Gasteiger partial charge in [-0.15, -0.1) is 0 Å². The first-order valence-electron chi connectivity index (χ1n) is 4.90. The molecule has 0 N–H and O–H groups in total. The van der Waals surface area contributed by atoms with Crippen molar-refractivity contribution in [3.05, 3.63) is 35.1 Å². The quantitative estimate of drug-likeness (QED) is 0.443. The summed E-state index contributed by atoms with van der Waals surface area (Å²) in [4.78, 5) is 22.1. The van der Waals surface area contributed by atoms with Gasteiger partial charge >= 0.3 is 18.1 Å².